The molecule has 2 bridgehead atoms. The molecule has 4 rings (SSSR count). The lowest BCUT2D eigenvalue weighted by molar-refractivity contribution is -0.933. The number of nitrogens with one attached hydrogen (secondary N) is 4. The Balaban J connectivity index is 1.31. The summed E-state index contributed by atoms with van der Waals surface area (Å²) in [5.74, 6) is -0.227. The maximum absolute atomic E-state index is 12.6. The Hall–Kier alpha value is -3.46. The van der Waals surface area contributed by atoms with Gasteiger partial charge in [-0.15, -0.1) is 0 Å². The van der Waals surface area contributed by atoms with Crippen LogP contribution in [0.4, 0.5) is 21.9 Å². The SMILES string of the molecule is O=C(C[NH+]1[C@@H]2CC[C@H]1CC(NC(=O)Nc1ccccc1)C2)Nc1ccccc1[N+](=O)[O-]. The lowest BCUT2D eigenvalue weighted by Crippen LogP contribution is -3.19. The molecular formula is C22H26N5O4+. The Morgan fingerprint density at radius 3 is 2.29 bits per heavy atom. The number of piperidine rings is 1. The van der Waals surface area contributed by atoms with Crippen molar-refractivity contribution in [3.63, 3.8) is 0 Å². The fraction of sp³-hybridized carbons (Fsp3) is 0.364. The van der Waals surface area contributed by atoms with E-state index in [4.69, 9.17) is 0 Å². The number of nitro benzene ring substituents is 1. The minimum absolute atomic E-state index is 0.0724. The molecule has 0 aromatic heterocycles. The van der Waals surface area contributed by atoms with Gasteiger partial charge in [0.25, 0.3) is 11.6 Å². The summed E-state index contributed by atoms with van der Waals surface area (Å²) in [4.78, 5) is 36.8. The van der Waals surface area contributed by atoms with Crippen molar-refractivity contribution in [3.8, 4) is 0 Å². The van der Waals surface area contributed by atoms with Crippen LogP contribution in [-0.2, 0) is 4.79 Å². The van der Waals surface area contributed by atoms with Crippen molar-refractivity contribution in [2.75, 3.05) is 17.2 Å². The largest absolute Gasteiger partial charge is 0.335 e. The van der Waals surface area contributed by atoms with Crippen molar-refractivity contribution in [2.24, 2.45) is 0 Å². The molecule has 2 aromatic rings. The monoisotopic (exact) mass is 424 g/mol. The van der Waals surface area contributed by atoms with Crippen molar-refractivity contribution in [3.05, 3.63) is 64.7 Å². The molecule has 3 amide bonds. The molecule has 0 saturated carbocycles. The van der Waals surface area contributed by atoms with Gasteiger partial charge in [-0.2, -0.15) is 0 Å². The number of fused-ring (bicyclic) bond motifs is 2. The second-order valence-electron chi connectivity index (χ2n) is 8.18. The minimum atomic E-state index is -0.496. The molecule has 9 nitrogen and oxygen atoms in total. The molecule has 4 atom stereocenters. The van der Waals surface area contributed by atoms with Crippen molar-refractivity contribution < 1.29 is 19.4 Å². The lowest BCUT2D eigenvalue weighted by Gasteiger charge is -2.35. The summed E-state index contributed by atoms with van der Waals surface area (Å²) >= 11 is 0. The molecule has 2 aliphatic heterocycles. The number of quaternary nitrogens is 1. The number of amides is 3. The first-order chi connectivity index (χ1) is 15.0. The van der Waals surface area contributed by atoms with Gasteiger partial charge in [0.2, 0.25) is 0 Å². The van der Waals surface area contributed by atoms with Crippen LogP contribution in [0.5, 0.6) is 0 Å². The first kappa shape index (κ1) is 20.8. The van der Waals surface area contributed by atoms with Crippen LogP contribution in [0.15, 0.2) is 54.6 Å². The van der Waals surface area contributed by atoms with E-state index in [9.17, 15) is 19.7 Å². The van der Waals surface area contributed by atoms with E-state index in [1.54, 1.807) is 18.2 Å². The number of para-hydroxylation sites is 3. The van der Waals surface area contributed by atoms with Gasteiger partial charge in [-0.3, -0.25) is 14.9 Å². The third-order valence-electron chi connectivity index (χ3n) is 6.16. The number of rotatable bonds is 6. The summed E-state index contributed by atoms with van der Waals surface area (Å²) in [5, 5.41) is 19.8. The Morgan fingerprint density at radius 1 is 0.968 bits per heavy atom. The van der Waals surface area contributed by atoms with E-state index in [-0.39, 0.29) is 48.0 Å². The number of urea groups is 1. The summed E-state index contributed by atoms with van der Waals surface area (Å²) in [6.07, 6.45) is 3.65. The van der Waals surface area contributed by atoms with Crippen molar-refractivity contribution in [2.45, 2.75) is 43.8 Å². The van der Waals surface area contributed by atoms with Crippen LogP contribution in [0.2, 0.25) is 0 Å². The van der Waals surface area contributed by atoms with Gasteiger partial charge in [-0.05, 0) is 18.2 Å². The number of hydrogen-bond acceptors (Lipinski definition) is 4. The van der Waals surface area contributed by atoms with Gasteiger partial charge in [0.1, 0.15) is 5.69 Å². The zero-order chi connectivity index (χ0) is 21.8. The van der Waals surface area contributed by atoms with Crippen LogP contribution in [0.1, 0.15) is 25.7 Å². The van der Waals surface area contributed by atoms with E-state index in [0.717, 1.165) is 31.4 Å². The van der Waals surface area contributed by atoms with Crippen LogP contribution in [-0.4, -0.2) is 41.5 Å². The Labute approximate surface area is 180 Å². The average molecular weight is 424 g/mol. The normalized spacial score (nSPS) is 24.3. The molecule has 2 unspecified atom stereocenters. The Morgan fingerprint density at radius 2 is 1.61 bits per heavy atom. The van der Waals surface area contributed by atoms with Gasteiger partial charge in [-0.25, -0.2) is 4.79 Å². The topological polar surface area (TPSA) is 118 Å². The maximum atomic E-state index is 12.6. The molecule has 31 heavy (non-hydrogen) atoms. The Bertz CT molecular complexity index is 953. The average Bonchev–Trinajstić information content (AvgIpc) is 2.97. The van der Waals surface area contributed by atoms with Gasteiger partial charge in [0, 0.05) is 43.5 Å². The zero-order valence-corrected chi connectivity index (χ0v) is 17.0. The first-order valence-electron chi connectivity index (χ1n) is 10.5. The van der Waals surface area contributed by atoms with Gasteiger partial charge in [-0.1, -0.05) is 30.3 Å². The minimum Gasteiger partial charge on any atom is -0.335 e. The molecule has 2 saturated heterocycles. The van der Waals surface area contributed by atoms with Gasteiger partial charge < -0.3 is 20.9 Å². The quantitative estimate of drug-likeness (QED) is 0.419. The predicted octanol–water partition coefficient (Wildman–Crippen LogP) is 1.93. The summed E-state index contributed by atoms with van der Waals surface area (Å²) in [5.41, 5.74) is 0.859. The third-order valence-corrected chi connectivity index (χ3v) is 6.16. The second-order valence-corrected chi connectivity index (χ2v) is 8.18. The molecule has 0 aliphatic carbocycles. The highest BCUT2D eigenvalue weighted by Crippen LogP contribution is 2.24. The van der Waals surface area contributed by atoms with E-state index in [2.05, 4.69) is 16.0 Å². The third kappa shape index (κ3) is 5.00. The van der Waals surface area contributed by atoms with Gasteiger partial charge >= 0.3 is 6.03 Å². The van der Waals surface area contributed by atoms with Crippen LogP contribution in [0.3, 0.4) is 0 Å². The lowest BCUT2D eigenvalue weighted by atomic mass is 9.97. The van der Waals surface area contributed by atoms with E-state index in [1.807, 2.05) is 30.3 Å². The molecule has 9 heteroatoms. The van der Waals surface area contributed by atoms with Crippen LogP contribution in [0, 0.1) is 10.1 Å². The summed E-state index contributed by atoms with van der Waals surface area (Å²) in [7, 11) is 0. The molecule has 2 aliphatic rings. The molecule has 0 radical (unpaired) electrons. The highest BCUT2D eigenvalue weighted by atomic mass is 16.6. The Kier molecular flexibility index (Phi) is 6.13. The van der Waals surface area contributed by atoms with Gasteiger partial charge in [0.05, 0.1) is 17.0 Å². The number of hydrogen-bond donors (Lipinski definition) is 4. The molecule has 2 aromatic carbocycles. The fourth-order valence-electron chi connectivity index (χ4n) is 4.83. The van der Waals surface area contributed by atoms with Crippen LogP contribution < -0.4 is 20.9 Å². The number of carbonyl (C=O) groups is 2. The molecule has 162 valence electrons. The zero-order valence-electron chi connectivity index (χ0n) is 17.0. The van der Waals surface area contributed by atoms with Crippen molar-refractivity contribution in [1.82, 2.24) is 5.32 Å². The fourth-order valence-corrected chi connectivity index (χ4v) is 4.83. The van der Waals surface area contributed by atoms with Crippen LogP contribution >= 0.6 is 0 Å². The molecular weight excluding hydrogens is 398 g/mol. The van der Waals surface area contributed by atoms with Crippen molar-refractivity contribution >= 4 is 29.0 Å². The molecule has 2 fully saturated rings. The van der Waals surface area contributed by atoms with Gasteiger partial charge in [0.15, 0.2) is 6.54 Å². The highest BCUT2D eigenvalue weighted by Gasteiger charge is 2.45. The maximum Gasteiger partial charge on any atom is 0.319 e. The van der Waals surface area contributed by atoms with E-state index < -0.39 is 4.92 Å². The molecule has 2 heterocycles. The molecule has 0 spiro atoms. The molecule has 4 N–H and O–H groups in total. The summed E-state index contributed by atoms with van der Waals surface area (Å²) < 4.78 is 0. The van der Waals surface area contributed by atoms with Crippen molar-refractivity contribution in [1.29, 1.82) is 0 Å². The number of anilines is 2. The standard InChI is InChI=1S/C22H25N5O4/c28-21(25-19-8-4-5-9-20(19)27(30)31)14-26-17-10-11-18(26)13-16(12-17)24-22(29)23-15-6-2-1-3-7-15/h1-9,16-18H,10-14H2,(H,25,28)(H2,23,24,29)/p+1/t16?,17-,18+. The summed E-state index contributed by atoms with van der Waals surface area (Å²) in [6, 6.07) is 15.9. The number of nitrogens with zero attached hydrogens (tertiary/aromatic N) is 1. The highest BCUT2D eigenvalue weighted by molar-refractivity contribution is 5.93. The van der Waals surface area contributed by atoms with E-state index >= 15 is 0 Å². The van der Waals surface area contributed by atoms with Crippen LogP contribution in [0.25, 0.3) is 0 Å². The first-order valence-corrected chi connectivity index (χ1v) is 10.5. The smallest absolute Gasteiger partial charge is 0.319 e. The summed E-state index contributed by atoms with van der Waals surface area (Å²) in [6.45, 7) is 0.268. The second kappa shape index (κ2) is 9.13. The van der Waals surface area contributed by atoms with E-state index in [1.165, 1.54) is 11.0 Å². The number of nitro groups is 1. The number of benzene rings is 2. The van der Waals surface area contributed by atoms with E-state index in [0.29, 0.717) is 0 Å². The number of carbonyl (C=O) groups excluding carboxylic acids is 2. The predicted molar refractivity (Wildman–Crippen MR) is 116 cm³/mol.